The van der Waals surface area contributed by atoms with Gasteiger partial charge in [-0.05, 0) is 59.7 Å². The van der Waals surface area contributed by atoms with Crippen molar-refractivity contribution >= 4 is 35.5 Å². The van der Waals surface area contributed by atoms with Crippen molar-refractivity contribution in [3.8, 4) is 5.75 Å². The molecule has 0 spiro atoms. The average Bonchev–Trinajstić information content (AvgIpc) is 3.35. The Labute approximate surface area is 194 Å². The number of rotatable bonds is 9. The van der Waals surface area contributed by atoms with E-state index in [4.69, 9.17) is 20.8 Å². The summed E-state index contributed by atoms with van der Waals surface area (Å²) in [5, 5.41) is 9.52. The Morgan fingerprint density at radius 3 is 2.39 bits per heavy atom. The standard InChI is InChI=1S/C23H21ClN4O5/c24-18-7-3-16(4-8-18)12-26-22(30)23(31)28-27-13-17-5-9-19(10-6-17)33-15-21(29)25-14-20-2-1-11-32-20/h1-11,13H,12,14-15H2,(H,25,29)(H,26,30)(H,28,31)/b27-13-. The van der Waals surface area contributed by atoms with Crippen LogP contribution in [0.5, 0.6) is 5.75 Å². The molecule has 1 heterocycles. The number of carbonyl (C=O) groups is 3. The molecule has 10 heteroatoms. The van der Waals surface area contributed by atoms with E-state index in [0.29, 0.717) is 22.1 Å². The summed E-state index contributed by atoms with van der Waals surface area (Å²) in [4.78, 5) is 35.5. The number of hydrogen-bond acceptors (Lipinski definition) is 6. The zero-order valence-corrected chi connectivity index (χ0v) is 18.2. The van der Waals surface area contributed by atoms with Crippen LogP contribution in [0.25, 0.3) is 0 Å². The monoisotopic (exact) mass is 468 g/mol. The first-order valence-corrected chi connectivity index (χ1v) is 10.2. The van der Waals surface area contributed by atoms with Crippen molar-refractivity contribution in [2.75, 3.05) is 6.61 Å². The molecule has 0 radical (unpaired) electrons. The molecule has 0 unspecified atom stereocenters. The number of hydrogen-bond donors (Lipinski definition) is 3. The minimum Gasteiger partial charge on any atom is -0.484 e. The molecule has 0 bridgehead atoms. The van der Waals surface area contributed by atoms with Gasteiger partial charge in [-0.25, -0.2) is 5.43 Å². The molecule has 170 valence electrons. The molecule has 3 aromatic rings. The van der Waals surface area contributed by atoms with Crippen molar-refractivity contribution in [3.63, 3.8) is 0 Å². The van der Waals surface area contributed by atoms with Gasteiger partial charge in [0.25, 0.3) is 5.91 Å². The first-order valence-electron chi connectivity index (χ1n) is 9.87. The highest BCUT2D eigenvalue weighted by atomic mass is 35.5. The van der Waals surface area contributed by atoms with E-state index in [0.717, 1.165) is 5.56 Å². The predicted octanol–water partition coefficient (Wildman–Crippen LogP) is 2.39. The van der Waals surface area contributed by atoms with Crippen LogP contribution in [-0.4, -0.2) is 30.5 Å². The number of carbonyl (C=O) groups excluding carboxylic acids is 3. The summed E-state index contributed by atoms with van der Waals surface area (Å²) in [6.07, 6.45) is 2.91. The lowest BCUT2D eigenvalue weighted by Crippen LogP contribution is -2.37. The highest BCUT2D eigenvalue weighted by Crippen LogP contribution is 2.11. The van der Waals surface area contributed by atoms with Gasteiger partial charge in [0.1, 0.15) is 11.5 Å². The van der Waals surface area contributed by atoms with Crippen LogP contribution in [-0.2, 0) is 27.5 Å². The van der Waals surface area contributed by atoms with Gasteiger partial charge < -0.3 is 19.8 Å². The van der Waals surface area contributed by atoms with E-state index >= 15 is 0 Å². The molecule has 2 aromatic carbocycles. The Morgan fingerprint density at radius 1 is 0.939 bits per heavy atom. The Morgan fingerprint density at radius 2 is 1.70 bits per heavy atom. The van der Waals surface area contributed by atoms with Gasteiger partial charge in [0.2, 0.25) is 0 Å². The summed E-state index contributed by atoms with van der Waals surface area (Å²) in [6.45, 7) is 0.334. The zero-order valence-electron chi connectivity index (χ0n) is 17.4. The smallest absolute Gasteiger partial charge is 0.329 e. The summed E-state index contributed by atoms with van der Waals surface area (Å²) >= 11 is 5.80. The molecule has 3 rings (SSSR count). The highest BCUT2D eigenvalue weighted by molar-refractivity contribution is 6.35. The normalized spacial score (nSPS) is 10.6. The minimum absolute atomic E-state index is 0.144. The summed E-state index contributed by atoms with van der Waals surface area (Å²) in [6, 6.07) is 17.1. The van der Waals surface area contributed by atoms with Gasteiger partial charge in [0.05, 0.1) is 19.0 Å². The largest absolute Gasteiger partial charge is 0.484 e. The van der Waals surface area contributed by atoms with Crippen LogP contribution in [0.1, 0.15) is 16.9 Å². The van der Waals surface area contributed by atoms with Crippen LogP contribution >= 0.6 is 11.6 Å². The molecule has 33 heavy (non-hydrogen) atoms. The van der Waals surface area contributed by atoms with Crippen LogP contribution in [0.15, 0.2) is 76.4 Å². The Bertz CT molecular complexity index is 1100. The van der Waals surface area contributed by atoms with Crippen LogP contribution in [0.2, 0.25) is 5.02 Å². The van der Waals surface area contributed by atoms with Gasteiger partial charge in [0, 0.05) is 11.6 Å². The van der Waals surface area contributed by atoms with Crippen molar-refractivity contribution in [2.45, 2.75) is 13.1 Å². The number of ether oxygens (including phenoxy) is 1. The zero-order chi connectivity index (χ0) is 23.5. The lowest BCUT2D eigenvalue weighted by Gasteiger charge is -2.07. The third kappa shape index (κ3) is 8.15. The second-order valence-electron chi connectivity index (χ2n) is 6.72. The van der Waals surface area contributed by atoms with E-state index in [1.807, 2.05) is 0 Å². The molecule has 9 nitrogen and oxygen atoms in total. The summed E-state index contributed by atoms with van der Waals surface area (Å²) in [5.41, 5.74) is 3.63. The van der Waals surface area contributed by atoms with Crippen molar-refractivity contribution in [3.05, 3.63) is 88.8 Å². The van der Waals surface area contributed by atoms with Crippen molar-refractivity contribution in [1.29, 1.82) is 0 Å². The quantitative estimate of drug-likeness (QED) is 0.253. The molecule has 0 saturated carbocycles. The molecule has 0 saturated heterocycles. The van der Waals surface area contributed by atoms with E-state index in [1.165, 1.54) is 12.5 Å². The molecule has 0 aliphatic rings. The van der Waals surface area contributed by atoms with E-state index in [2.05, 4.69) is 21.2 Å². The van der Waals surface area contributed by atoms with Gasteiger partial charge >= 0.3 is 11.8 Å². The molecule has 0 aliphatic heterocycles. The summed E-state index contributed by atoms with van der Waals surface area (Å²) in [5.74, 6) is -0.838. The van der Waals surface area contributed by atoms with E-state index < -0.39 is 11.8 Å². The van der Waals surface area contributed by atoms with E-state index in [9.17, 15) is 14.4 Å². The molecule has 3 amide bonds. The van der Waals surface area contributed by atoms with Crippen LogP contribution < -0.4 is 20.8 Å². The average molecular weight is 469 g/mol. The van der Waals surface area contributed by atoms with Crippen LogP contribution in [0.4, 0.5) is 0 Å². The Kier molecular flexibility index (Phi) is 8.61. The molecule has 0 aliphatic carbocycles. The third-order valence-electron chi connectivity index (χ3n) is 4.24. The fourth-order valence-electron chi connectivity index (χ4n) is 2.53. The van der Waals surface area contributed by atoms with Crippen LogP contribution in [0.3, 0.4) is 0 Å². The maximum absolute atomic E-state index is 11.8. The maximum Gasteiger partial charge on any atom is 0.329 e. The lowest BCUT2D eigenvalue weighted by molar-refractivity contribution is -0.139. The van der Waals surface area contributed by atoms with Crippen LogP contribution in [0, 0.1) is 0 Å². The molecular weight excluding hydrogens is 448 g/mol. The SMILES string of the molecule is O=C(COc1ccc(/C=N\NC(=O)C(=O)NCc2ccc(Cl)cc2)cc1)NCc1ccco1. The number of nitrogens with zero attached hydrogens (tertiary/aromatic N) is 1. The minimum atomic E-state index is -0.888. The number of amides is 3. The topological polar surface area (TPSA) is 122 Å². The number of hydrazone groups is 1. The maximum atomic E-state index is 11.8. The Balaban J connectivity index is 1.36. The van der Waals surface area contributed by atoms with E-state index in [1.54, 1.807) is 60.7 Å². The second kappa shape index (κ2) is 12.1. The van der Waals surface area contributed by atoms with Gasteiger partial charge in [-0.2, -0.15) is 5.10 Å². The fourth-order valence-corrected chi connectivity index (χ4v) is 2.66. The van der Waals surface area contributed by atoms with Gasteiger partial charge in [0.15, 0.2) is 6.61 Å². The first-order chi connectivity index (χ1) is 16.0. The van der Waals surface area contributed by atoms with E-state index in [-0.39, 0.29) is 25.6 Å². The molecule has 0 atom stereocenters. The van der Waals surface area contributed by atoms with Gasteiger partial charge in [-0.1, -0.05) is 23.7 Å². The van der Waals surface area contributed by atoms with Crippen molar-refractivity contribution < 1.29 is 23.5 Å². The number of benzene rings is 2. The van der Waals surface area contributed by atoms with Gasteiger partial charge in [-0.15, -0.1) is 0 Å². The Hall–Kier alpha value is -4.11. The summed E-state index contributed by atoms with van der Waals surface area (Å²) in [7, 11) is 0. The molecule has 1 aromatic heterocycles. The predicted molar refractivity (Wildman–Crippen MR) is 122 cm³/mol. The number of furan rings is 1. The van der Waals surface area contributed by atoms with Gasteiger partial charge in [-0.3, -0.25) is 14.4 Å². The number of nitrogens with one attached hydrogen (secondary N) is 3. The first kappa shape index (κ1) is 23.6. The molecule has 0 fully saturated rings. The van der Waals surface area contributed by atoms with Crippen molar-refractivity contribution in [1.82, 2.24) is 16.1 Å². The lowest BCUT2D eigenvalue weighted by atomic mass is 10.2. The molecule has 3 N–H and O–H groups in total. The fraction of sp³-hybridized carbons (Fsp3) is 0.130. The third-order valence-corrected chi connectivity index (χ3v) is 4.49. The van der Waals surface area contributed by atoms with Crippen molar-refractivity contribution in [2.24, 2.45) is 5.10 Å². The second-order valence-corrected chi connectivity index (χ2v) is 7.16. The summed E-state index contributed by atoms with van der Waals surface area (Å²) < 4.78 is 10.6. The highest BCUT2D eigenvalue weighted by Gasteiger charge is 2.11. The molecular formula is C23H21ClN4O5. The number of halogens is 1.